The second-order valence-electron chi connectivity index (χ2n) is 17.9. The number of hydrogen-bond donors (Lipinski definition) is 2. The summed E-state index contributed by atoms with van der Waals surface area (Å²) in [5.74, 6) is 3.58. The SMILES string of the molecule is CCOC(=O)c1cn(Cc2ccc(N3CC4CC4C3)c(C#N)c2)cn1.N#Cc1cc(CO)ccc1N1CC2CC2C1.N#Cc1cc(Cn2cnc(C(=O)O)c2)ccc1N1CC2CC2C1. The van der Waals surface area contributed by atoms with E-state index in [-0.39, 0.29) is 12.3 Å². The Labute approximate surface area is 372 Å². The van der Waals surface area contributed by atoms with Gasteiger partial charge >= 0.3 is 11.9 Å². The fraction of sp³-hybridized carbons (Fsp3) is 0.408. The van der Waals surface area contributed by atoms with E-state index in [1.54, 1.807) is 30.1 Å². The lowest BCUT2D eigenvalue weighted by Crippen LogP contribution is -2.22. The van der Waals surface area contributed by atoms with Crippen molar-refractivity contribution in [1.29, 1.82) is 15.8 Å². The molecule has 326 valence electrons. The predicted molar refractivity (Wildman–Crippen MR) is 236 cm³/mol. The van der Waals surface area contributed by atoms with Crippen LogP contribution < -0.4 is 14.7 Å². The van der Waals surface area contributed by atoms with Crippen molar-refractivity contribution in [3.8, 4) is 18.2 Å². The number of rotatable bonds is 11. The Morgan fingerprint density at radius 1 is 0.625 bits per heavy atom. The van der Waals surface area contributed by atoms with Gasteiger partial charge in [0.2, 0.25) is 0 Å². The van der Waals surface area contributed by atoms with E-state index in [0.29, 0.717) is 42.1 Å². The first-order valence-electron chi connectivity index (χ1n) is 22.0. The number of fused-ring (bicyclic) bond motifs is 3. The number of esters is 1. The van der Waals surface area contributed by atoms with E-state index in [1.165, 1.54) is 31.8 Å². The first-order valence-corrected chi connectivity index (χ1v) is 22.0. The minimum absolute atomic E-state index is 0.000208. The number of benzene rings is 3. The topological polar surface area (TPSA) is 201 Å². The quantitative estimate of drug-likeness (QED) is 0.149. The summed E-state index contributed by atoms with van der Waals surface area (Å²) in [7, 11) is 0. The standard InChI is InChI=1S/C19H20N4O2.C17H16N4O2.C13H14N2O/c1-2-25-19(24)17-11-22(12-21-17)8-13-3-4-18(14(5-13)7-20)23-9-15-6-16(15)10-23;18-5-12-3-11(6-20-9-15(17(22)23)19-10-20)1-2-16(12)21-7-13-4-14(13)8-21;14-5-10-3-9(8-16)1-2-13(10)15-6-11-4-12(11)7-15/h3-5,11-12,15-16H,2,6,8-10H2,1H3;1-3,9-10,13-14H,4,6-8H2,(H,22,23);1-3,11-12,16H,4,6-8H2. The van der Waals surface area contributed by atoms with Crippen LogP contribution in [0.1, 0.15) is 80.5 Å². The molecule has 6 atom stereocenters. The maximum Gasteiger partial charge on any atom is 0.358 e. The molecule has 0 radical (unpaired) electrons. The van der Waals surface area contributed by atoms with Crippen molar-refractivity contribution in [2.45, 2.75) is 45.9 Å². The number of anilines is 3. The number of carboxylic acids is 1. The Balaban J connectivity index is 0.000000124. The van der Waals surface area contributed by atoms with E-state index in [4.69, 9.17) is 20.2 Å². The molecule has 6 aliphatic rings. The number of nitrogens with zero attached hydrogens (tertiary/aromatic N) is 10. The first kappa shape index (κ1) is 42.2. The van der Waals surface area contributed by atoms with Gasteiger partial charge in [0, 0.05) is 64.8 Å². The van der Waals surface area contributed by atoms with Crippen LogP contribution >= 0.6 is 0 Å². The van der Waals surface area contributed by atoms with Gasteiger partial charge in [-0.3, -0.25) is 0 Å². The molecule has 2 aromatic heterocycles. The minimum Gasteiger partial charge on any atom is -0.476 e. The van der Waals surface area contributed by atoms with Crippen molar-refractivity contribution >= 4 is 29.0 Å². The van der Waals surface area contributed by atoms with Gasteiger partial charge in [-0.1, -0.05) is 18.2 Å². The number of nitriles is 3. The smallest absolute Gasteiger partial charge is 0.358 e. The molecule has 3 saturated heterocycles. The summed E-state index contributed by atoms with van der Waals surface area (Å²) < 4.78 is 8.49. The highest BCUT2D eigenvalue weighted by molar-refractivity contribution is 5.87. The molecule has 11 rings (SSSR count). The summed E-state index contributed by atoms with van der Waals surface area (Å²) in [4.78, 5) is 37.4. The zero-order chi connectivity index (χ0) is 44.5. The summed E-state index contributed by atoms with van der Waals surface area (Å²) in [6.07, 6.45) is 10.3. The lowest BCUT2D eigenvalue weighted by Gasteiger charge is -2.22. The highest BCUT2D eigenvalue weighted by Gasteiger charge is 2.47. The average Bonchev–Trinajstić information content (AvgIpc) is 4.08. The van der Waals surface area contributed by atoms with Crippen molar-refractivity contribution in [2.24, 2.45) is 35.5 Å². The number of carbonyl (C=O) groups excluding carboxylic acids is 1. The second kappa shape index (κ2) is 17.9. The van der Waals surface area contributed by atoms with Gasteiger partial charge in [0.25, 0.3) is 0 Å². The number of aromatic nitrogens is 4. The molecule has 3 saturated carbocycles. The molecular formula is C49H50N10O5. The van der Waals surface area contributed by atoms with Gasteiger partial charge in [-0.15, -0.1) is 0 Å². The van der Waals surface area contributed by atoms with Gasteiger partial charge in [-0.2, -0.15) is 15.8 Å². The molecule has 6 unspecified atom stereocenters. The van der Waals surface area contributed by atoms with Gasteiger partial charge in [-0.25, -0.2) is 19.6 Å². The monoisotopic (exact) mass is 858 g/mol. The van der Waals surface area contributed by atoms with Crippen LogP contribution in [0.25, 0.3) is 0 Å². The molecule has 3 aromatic carbocycles. The summed E-state index contributed by atoms with van der Waals surface area (Å²) in [6.45, 7) is 9.61. The molecule has 0 amide bonds. The molecule has 5 heterocycles. The first-order chi connectivity index (χ1) is 31.1. The Bertz CT molecular complexity index is 2680. The van der Waals surface area contributed by atoms with Gasteiger partial charge in [0.15, 0.2) is 11.4 Å². The summed E-state index contributed by atoms with van der Waals surface area (Å²) in [5, 5.41) is 46.0. The number of aromatic carboxylic acids is 1. The van der Waals surface area contributed by atoms with Gasteiger partial charge in [0.1, 0.15) is 18.2 Å². The molecule has 6 fully saturated rings. The summed E-state index contributed by atoms with van der Waals surface area (Å²) >= 11 is 0. The Kier molecular flexibility index (Phi) is 11.8. The fourth-order valence-electron chi connectivity index (χ4n) is 9.66. The van der Waals surface area contributed by atoms with Crippen molar-refractivity contribution in [2.75, 3.05) is 60.6 Å². The number of carboxylic acid groups (broad SMARTS) is 1. The Morgan fingerprint density at radius 3 is 1.36 bits per heavy atom. The lowest BCUT2D eigenvalue weighted by molar-refractivity contribution is 0.0519. The van der Waals surface area contributed by atoms with Crippen LogP contribution in [0, 0.1) is 69.5 Å². The van der Waals surface area contributed by atoms with Crippen LogP contribution in [0.3, 0.4) is 0 Å². The number of hydrogen-bond acceptors (Lipinski definition) is 12. The number of piperidine rings is 3. The second-order valence-corrected chi connectivity index (χ2v) is 17.9. The summed E-state index contributed by atoms with van der Waals surface area (Å²) in [5.41, 5.74) is 8.28. The molecule has 64 heavy (non-hydrogen) atoms. The number of aliphatic hydroxyl groups excluding tert-OH is 1. The minimum atomic E-state index is -1.04. The lowest BCUT2D eigenvalue weighted by atomic mass is 10.1. The third-order valence-corrected chi connectivity index (χ3v) is 13.4. The third kappa shape index (κ3) is 9.29. The molecule has 3 aliphatic heterocycles. The molecule has 0 bridgehead atoms. The predicted octanol–water partition coefficient (Wildman–Crippen LogP) is 5.90. The highest BCUT2D eigenvalue weighted by Crippen LogP contribution is 2.48. The van der Waals surface area contributed by atoms with Crippen LogP contribution in [0.2, 0.25) is 0 Å². The van der Waals surface area contributed by atoms with Crippen LogP contribution in [0.5, 0.6) is 0 Å². The zero-order valence-electron chi connectivity index (χ0n) is 35.8. The van der Waals surface area contributed by atoms with Gasteiger partial charge in [-0.05, 0) is 115 Å². The van der Waals surface area contributed by atoms with Crippen molar-refractivity contribution in [3.05, 3.63) is 124 Å². The van der Waals surface area contributed by atoms with Crippen molar-refractivity contribution in [3.63, 3.8) is 0 Å². The molecule has 3 aliphatic carbocycles. The Morgan fingerprint density at radius 2 is 1.00 bits per heavy atom. The van der Waals surface area contributed by atoms with Crippen LogP contribution in [0.4, 0.5) is 17.1 Å². The fourth-order valence-corrected chi connectivity index (χ4v) is 9.66. The number of carbonyl (C=O) groups is 2. The normalized spacial score (nSPS) is 22.6. The summed E-state index contributed by atoms with van der Waals surface area (Å²) in [6, 6.07) is 24.4. The molecular weight excluding hydrogens is 809 g/mol. The molecule has 15 heteroatoms. The maximum atomic E-state index is 11.7. The average molecular weight is 859 g/mol. The van der Waals surface area contributed by atoms with E-state index in [0.717, 1.165) is 109 Å². The van der Waals surface area contributed by atoms with Crippen molar-refractivity contribution < 1.29 is 24.5 Å². The molecule has 0 spiro atoms. The zero-order valence-corrected chi connectivity index (χ0v) is 35.8. The van der Waals surface area contributed by atoms with E-state index in [2.05, 4.69) is 42.9 Å². The van der Waals surface area contributed by atoms with Gasteiger partial charge < -0.3 is 38.8 Å². The molecule has 2 N–H and O–H groups in total. The number of ether oxygens (including phenoxy) is 1. The largest absolute Gasteiger partial charge is 0.476 e. The maximum absolute atomic E-state index is 11.7. The van der Waals surface area contributed by atoms with E-state index in [1.807, 2.05) is 53.1 Å². The van der Waals surface area contributed by atoms with E-state index >= 15 is 0 Å². The molecule has 15 nitrogen and oxygen atoms in total. The van der Waals surface area contributed by atoms with E-state index < -0.39 is 11.9 Å². The van der Waals surface area contributed by atoms with Crippen LogP contribution in [0.15, 0.2) is 79.6 Å². The Hall–Kier alpha value is -7.15. The van der Waals surface area contributed by atoms with Gasteiger partial charge in [0.05, 0.1) is 59.6 Å². The third-order valence-electron chi connectivity index (χ3n) is 13.4. The number of imidazole rings is 2. The van der Waals surface area contributed by atoms with E-state index in [9.17, 15) is 20.1 Å². The highest BCUT2D eigenvalue weighted by atomic mass is 16.5. The molecule has 5 aromatic rings. The van der Waals surface area contributed by atoms with Crippen LogP contribution in [-0.4, -0.2) is 87.1 Å². The number of aliphatic hydroxyl groups is 1. The van der Waals surface area contributed by atoms with Crippen LogP contribution in [-0.2, 0) is 24.4 Å². The van der Waals surface area contributed by atoms with Crippen molar-refractivity contribution in [1.82, 2.24) is 19.1 Å².